The lowest BCUT2D eigenvalue weighted by molar-refractivity contribution is 0.673. The number of fused-ring (bicyclic) bond motifs is 8. The minimum atomic E-state index is 0.627. The third kappa shape index (κ3) is 6.08. The van der Waals surface area contributed by atoms with Gasteiger partial charge in [0.05, 0.1) is 11.6 Å². The summed E-state index contributed by atoms with van der Waals surface area (Å²) in [6, 6.07) is 68.8. The number of nitriles is 1. The van der Waals surface area contributed by atoms with Crippen molar-refractivity contribution in [3.8, 4) is 73.6 Å². The van der Waals surface area contributed by atoms with Gasteiger partial charge in [0.15, 0.2) is 17.5 Å². The lowest BCUT2D eigenvalue weighted by atomic mass is 9.91. The molecule has 9 aromatic carbocycles. The van der Waals surface area contributed by atoms with Crippen LogP contribution in [0.1, 0.15) is 5.56 Å². The third-order valence-electron chi connectivity index (χ3n) is 11.2. The lowest BCUT2D eigenvalue weighted by Crippen LogP contribution is -2.00. The number of nitrogens with zero attached hydrogens (tertiary/aromatic N) is 4. The molecule has 0 atom stereocenters. The van der Waals surface area contributed by atoms with E-state index < -0.39 is 0 Å². The molecule has 11 rings (SSSR count). The molecular formula is C54H32N4O. The SMILES string of the molecule is N#Cc1ccc(-c2ccc3c4ccc(-c5ccc(-c6cccc(-c7nc(-c8ccccc8)nc(-c8ccccc8)n7)c6)cc5)cc4c4oc5ccccc5c4c3c2)cc1. The molecule has 0 bridgehead atoms. The fourth-order valence-corrected chi connectivity index (χ4v) is 8.18. The van der Waals surface area contributed by atoms with Gasteiger partial charge in [0.1, 0.15) is 11.2 Å². The van der Waals surface area contributed by atoms with Gasteiger partial charge < -0.3 is 4.42 Å². The Hall–Kier alpha value is -8.20. The van der Waals surface area contributed by atoms with Crippen molar-refractivity contribution in [2.45, 2.75) is 0 Å². The zero-order valence-electron chi connectivity index (χ0n) is 31.7. The quantitative estimate of drug-likeness (QED) is 0.158. The van der Waals surface area contributed by atoms with E-state index in [0.29, 0.717) is 23.0 Å². The van der Waals surface area contributed by atoms with Crippen LogP contribution in [0.5, 0.6) is 0 Å². The smallest absolute Gasteiger partial charge is 0.164 e. The summed E-state index contributed by atoms with van der Waals surface area (Å²) in [6.45, 7) is 0. The largest absolute Gasteiger partial charge is 0.455 e. The van der Waals surface area contributed by atoms with Gasteiger partial charge in [0, 0.05) is 32.8 Å². The second-order valence-electron chi connectivity index (χ2n) is 14.7. The highest BCUT2D eigenvalue weighted by molar-refractivity contribution is 6.30. The molecule has 0 amide bonds. The molecule has 0 saturated heterocycles. The van der Waals surface area contributed by atoms with Crippen molar-refractivity contribution in [3.05, 3.63) is 200 Å². The van der Waals surface area contributed by atoms with Gasteiger partial charge in [-0.05, 0) is 85.9 Å². The summed E-state index contributed by atoms with van der Waals surface area (Å²) in [4.78, 5) is 14.8. The van der Waals surface area contributed by atoms with Crippen LogP contribution in [0, 0.1) is 11.3 Å². The van der Waals surface area contributed by atoms with Crippen molar-refractivity contribution in [2.24, 2.45) is 0 Å². The van der Waals surface area contributed by atoms with Crippen LogP contribution >= 0.6 is 0 Å². The predicted molar refractivity (Wildman–Crippen MR) is 239 cm³/mol. The molecule has 2 aromatic heterocycles. The third-order valence-corrected chi connectivity index (χ3v) is 11.2. The molecule has 5 nitrogen and oxygen atoms in total. The van der Waals surface area contributed by atoms with Crippen LogP contribution in [-0.2, 0) is 0 Å². The van der Waals surface area contributed by atoms with E-state index in [1.165, 1.54) is 5.39 Å². The summed E-state index contributed by atoms with van der Waals surface area (Å²) >= 11 is 0. The second-order valence-corrected chi connectivity index (χ2v) is 14.7. The summed E-state index contributed by atoms with van der Waals surface area (Å²) in [5.74, 6) is 1.91. The summed E-state index contributed by atoms with van der Waals surface area (Å²) in [7, 11) is 0. The Morgan fingerprint density at radius 2 is 0.797 bits per heavy atom. The number of para-hydroxylation sites is 1. The highest BCUT2D eigenvalue weighted by Gasteiger charge is 2.18. The van der Waals surface area contributed by atoms with Gasteiger partial charge in [0.25, 0.3) is 0 Å². The van der Waals surface area contributed by atoms with Gasteiger partial charge >= 0.3 is 0 Å². The average Bonchev–Trinajstić information content (AvgIpc) is 3.72. The molecule has 0 aliphatic heterocycles. The molecule has 5 heteroatoms. The molecule has 0 spiro atoms. The van der Waals surface area contributed by atoms with Crippen molar-refractivity contribution in [1.29, 1.82) is 5.26 Å². The predicted octanol–water partition coefficient (Wildman–Crippen LogP) is 14.0. The summed E-state index contributed by atoms with van der Waals surface area (Å²) < 4.78 is 6.68. The molecule has 2 heterocycles. The monoisotopic (exact) mass is 752 g/mol. The Labute approximate surface area is 340 Å². The molecule has 0 unspecified atom stereocenters. The van der Waals surface area contributed by atoms with E-state index >= 15 is 0 Å². The minimum absolute atomic E-state index is 0.627. The Morgan fingerprint density at radius 3 is 1.41 bits per heavy atom. The zero-order chi connectivity index (χ0) is 39.3. The average molecular weight is 753 g/mol. The summed E-state index contributed by atoms with van der Waals surface area (Å²) in [5.41, 5.74) is 11.8. The topological polar surface area (TPSA) is 75.6 Å². The number of furan rings is 1. The molecule has 59 heavy (non-hydrogen) atoms. The molecule has 0 N–H and O–H groups in total. The first-order valence-electron chi connectivity index (χ1n) is 19.6. The Balaban J connectivity index is 0.976. The molecular weight excluding hydrogens is 721 g/mol. The van der Waals surface area contributed by atoms with E-state index in [1.807, 2.05) is 97.1 Å². The number of benzene rings is 9. The van der Waals surface area contributed by atoms with Crippen molar-refractivity contribution in [1.82, 2.24) is 15.0 Å². The van der Waals surface area contributed by atoms with Crippen molar-refractivity contribution >= 4 is 43.5 Å². The molecule has 0 aliphatic rings. The van der Waals surface area contributed by atoms with Crippen LogP contribution in [0.3, 0.4) is 0 Å². The van der Waals surface area contributed by atoms with E-state index in [0.717, 1.165) is 88.2 Å². The van der Waals surface area contributed by atoms with E-state index in [1.54, 1.807) is 0 Å². The fourth-order valence-electron chi connectivity index (χ4n) is 8.18. The maximum atomic E-state index is 9.34. The summed E-state index contributed by atoms with van der Waals surface area (Å²) in [6.07, 6.45) is 0. The Kier molecular flexibility index (Phi) is 8.13. The van der Waals surface area contributed by atoms with E-state index in [-0.39, 0.29) is 0 Å². The van der Waals surface area contributed by atoms with Gasteiger partial charge in [0.2, 0.25) is 0 Å². The van der Waals surface area contributed by atoms with Crippen LogP contribution in [0.2, 0.25) is 0 Å². The van der Waals surface area contributed by atoms with E-state index in [2.05, 4.69) is 103 Å². The Bertz CT molecular complexity index is 3360. The lowest BCUT2D eigenvalue weighted by Gasteiger charge is -2.12. The first kappa shape index (κ1) is 34.1. The molecule has 11 aromatic rings. The van der Waals surface area contributed by atoms with Crippen LogP contribution < -0.4 is 0 Å². The normalized spacial score (nSPS) is 11.4. The molecule has 0 aliphatic carbocycles. The van der Waals surface area contributed by atoms with Gasteiger partial charge in [-0.1, -0.05) is 158 Å². The molecule has 0 saturated carbocycles. The van der Waals surface area contributed by atoms with Crippen molar-refractivity contribution < 1.29 is 4.42 Å². The Morgan fingerprint density at radius 1 is 0.339 bits per heavy atom. The van der Waals surface area contributed by atoms with Gasteiger partial charge in [-0.25, -0.2) is 15.0 Å². The molecule has 0 fully saturated rings. The number of hydrogen-bond acceptors (Lipinski definition) is 5. The minimum Gasteiger partial charge on any atom is -0.455 e. The van der Waals surface area contributed by atoms with Gasteiger partial charge in [-0.2, -0.15) is 5.26 Å². The van der Waals surface area contributed by atoms with Gasteiger partial charge in [-0.15, -0.1) is 0 Å². The molecule has 274 valence electrons. The first-order valence-corrected chi connectivity index (χ1v) is 19.6. The standard InChI is InChI=1S/C54H32N4O/c55-33-34-18-20-35(21-19-34)41-26-28-44-45-29-27-42(32-48(45)51-50(47(44)31-41)46-16-7-8-17-49(46)59-51)37-24-22-36(23-25-37)40-14-9-15-43(30-40)54-57-52(38-10-3-1-4-11-38)56-53(58-54)39-12-5-2-6-13-39/h1-32H. The number of aromatic nitrogens is 3. The number of hydrogen-bond donors (Lipinski definition) is 0. The van der Waals surface area contributed by atoms with Crippen LogP contribution in [0.15, 0.2) is 199 Å². The van der Waals surface area contributed by atoms with Crippen LogP contribution in [0.4, 0.5) is 0 Å². The molecule has 0 radical (unpaired) electrons. The van der Waals surface area contributed by atoms with E-state index in [9.17, 15) is 5.26 Å². The van der Waals surface area contributed by atoms with Crippen LogP contribution in [0.25, 0.3) is 111 Å². The zero-order valence-corrected chi connectivity index (χ0v) is 31.7. The number of rotatable bonds is 6. The maximum Gasteiger partial charge on any atom is 0.164 e. The highest BCUT2D eigenvalue weighted by Crippen LogP contribution is 2.43. The van der Waals surface area contributed by atoms with Crippen molar-refractivity contribution in [3.63, 3.8) is 0 Å². The van der Waals surface area contributed by atoms with Crippen molar-refractivity contribution in [2.75, 3.05) is 0 Å². The fraction of sp³-hybridized carbons (Fsp3) is 0. The van der Waals surface area contributed by atoms with Gasteiger partial charge in [-0.3, -0.25) is 0 Å². The summed E-state index contributed by atoms with van der Waals surface area (Å²) in [5, 5.41) is 16.1. The highest BCUT2D eigenvalue weighted by atomic mass is 16.3. The maximum absolute atomic E-state index is 9.34. The second kappa shape index (κ2) is 14.1. The first-order chi connectivity index (χ1) is 29.2. The van der Waals surface area contributed by atoms with Crippen LogP contribution in [-0.4, -0.2) is 15.0 Å². The van der Waals surface area contributed by atoms with E-state index in [4.69, 9.17) is 19.4 Å².